The summed E-state index contributed by atoms with van der Waals surface area (Å²) in [6.07, 6.45) is 1.53. The molecule has 0 radical (unpaired) electrons. The highest BCUT2D eigenvalue weighted by Crippen LogP contribution is 2.24. The second-order valence-electron chi connectivity index (χ2n) is 2.72. The minimum absolute atomic E-state index is 0.119. The van der Waals surface area contributed by atoms with Crippen LogP contribution in [0, 0.1) is 17.2 Å². The lowest BCUT2D eigenvalue weighted by molar-refractivity contribution is 0.188. The molecule has 0 aromatic rings. The second kappa shape index (κ2) is 3.24. The number of carboxylic acid groups (broad SMARTS) is 1. The SMILES string of the molecule is N#CC1CCCC1NC(=O)O. The lowest BCUT2D eigenvalue weighted by atomic mass is 10.1. The van der Waals surface area contributed by atoms with Gasteiger partial charge in [0, 0.05) is 6.04 Å². The monoisotopic (exact) mass is 154 g/mol. The molecule has 0 aliphatic heterocycles. The molecular formula is C7H10N2O2. The normalized spacial score (nSPS) is 29.4. The fraction of sp³-hybridized carbons (Fsp3) is 0.714. The van der Waals surface area contributed by atoms with E-state index in [1.54, 1.807) is 0 Å². The van der Waals surface area contributed by atoms with Crippen molar-refractivity contribution in [3.8, 4) is 6.07 Å². The fourth-order valence-electron chi connectivity index (χ4n) is 1.45. The molecule has 2 N–H and O–H groups in total. The van der Waals surface area contributed by atoms with Crippen LogP contribution in [-0.2, 0) is 0 Å². The van der Waals surface area contributed by atoms with Crippen molar-refractivity contribution < 1.29 is 9.90 Å². The Hall–Kier alpha value is -1.24. The smallest absolute Gasteiger partial charge is 0.404 e. The molecule has 0 aromatic heterocycles. The molecule has 0 saturated heterocycles. The molecule has 1 fully saturated rings. The number of hydrogen-bond donors (Lipinski definition) is 2. The summed E-state index contributed by atoms with van der Waals surface area (Å²) in [6.45, 7) is 0. The molecule has 1 saturated carbocycles. The van der Waals surface area contributed by atoms with Gasteiger partial charge in [-0.3, -0.25) is 0 Å². The van der Waals surface area contributed by atoms with Crippen molar-refractivity contribution in [2.45, 2.75) is 25.3 Å². The molecule has 0 heterocycles. The van der Waals surface area contributed by atoms with E-state index >= 15 is 0 Å². The first-order valence-corrected chi connectivity index (χ1v) is 3.63. The maximum Gasteiger partial charge on any atom is 0.404 e. The molecule has 0 aromatic carbocycles. The number of nitrogens with one attached hydrogen (secondary N) is 1. The van der Waals surface area contributed by atoms with Gasteiger partial charge >= 0.3 is 6.09 Å². The molecule has 4 nitrogen and oxygen atoms in total. The molecule has 1 aliphatic rings. The molecular weight excluding hydrogens is 144 g/mol. The zero-order chi connectivity index (χ0) is 8.27. The van der Waals surface area contributed by atoms with Crippen molar-refractivity contribution >= 4 is 6.09 Å². The summed E-state index contributed by atoms with van der Waals surface area (Å²) in [4.78, 5) is 10.2. The minimum Gasteiger partial charge on any atom is -0.465 e. The first kappa shape index (κ1) is 7.86. The van der Waals surface area contributed by atoms with Crippen LogP contribution in [0.1, 0.15) is 19.3 Å². The molecule has 1 amide bonds. The summed E-state index contributed by atoms with van der Waals surface area (Å²) < 4.78 is 0. The highest BCUT2D eigenvalue weighted by Gasteiger charge is 2.27. The standard InChI is InChI=1S/C7H10N2O2/c8-4-5-2-1-3-6(5)9-7(10)11/h5-6,9H,1-3H2,(H,10,11). The van der Waals surface area contributed by atoms with Crippen LogP contribution in [-0.4, -0.2) is 17.2 Å². The van der Waals surface area contributed by atoms with E-state index in [1.165, 1.54) is 0 Å². The average Bonchev–Trinajstić information content (AvgIpc) is 2.34. The van der Waals surface area contributed by atoms with Crippen LogP contribution in [0.5, 0.6) is 0 Å². The zero-order valence-corrected chi connectivity index (χ0v) is 6.08. The number of hydrogen-bond acceptors (Lipinski definition) is 2. The topological polar surface area (TPSA) is 73.1 Å². The van der Waals surface area contributed by atoms with Gasteiger partial charge in [0.15, 0.2) is 0 Å². The quantitative estimate of drug-likeness (QED) is 0.590. The van der Waals surface area contributed by atoms with Crippen LogP contribution < -0.4 is 5.32 Å². The summed E-state index contributed by atoms with van der Waals surface area (Å²) in [5.74, 6) is -0.119. The molecule has 2 unspecified atom stereocenters. The van der Waals surface area contributed by atoms with Crippen molar-refractivity contribution in [1.29, 1.82) is 5.26 Å². The van der Waals surface area contributed by atoms with E-state index in [2.05, 4.69) is 11.4 Å². The van der Waals surface area contributed by atoms with E-state index < -0.39 is 6.09 Å². The number of nitriles is 1. The number of amides is 1. The number of nitrogens with zero attached hydrogens (tertiary/aromatic N) is 1. The highest BCUT2D eigenvalue weighted by atomic mass is 16.4. The van der Waals surface area contributed by atoms with Crippen LogP contribution in [0.15, 0.2) is 0 Å². The van der Waals surface area contributed by atoms with E-state index in [0.717, 1.165) is 19.3 Å². The van der Waals surface area contributed by atoms with Crippen molar-refractivity contribution in [3.05, 3.63) is 0 Å². The average molecular weight is 154 g/mol. The lowest BCUT2D eigenvalue weighted by Gasteiger charge is -2.11. The van der Waals surface area contributed by atoms with Gasteiger partial charge < -0.3 is 10.4 Å². The molecule has 0 bridgehead atoms. The van der Waals surface area contributed by atoms with E-state index in [9.17, 15) is 4.79 Å². The summed E-state index contributed by atoms with van der Waals surface area (Å²) >= 11 is 0. The third-order valence-electron chi connectivity index (χ3n) is 1.99. The van der Waals surface area contributed by atoms with Crippen LogP contribution >= 0.6 is 0 Å². The van der Waals surface area contributed by atoms with E-state index in [4.69, 9.17) is 10.4 Å². The summed E-state index contributed by atoms with van der Waals surface area (Å²) in [6, 6.07) is 1.95. The third-order valence-corrected chi connectivity index (χ3v) is 1.99. The highest BCUT2D eigenvalue weighted by molar-refractivity contribution is 5.65. The van der Waals surface area contributed by atoms with Gasteiger partial charge in [0.2, 0.25) is 0 Å². The fourth-order valence-corrected chi connectivity index (χ4v) is 1.45. The van der Waals surface area contributed by atoms with E-state index in [0.29, 0.717) is 0 Å². The Morgan fingerprint density at radius 3 is 2.91 bits per heavy atom. The molecule has 4 heteroatoms. The van der Waals surface area contributed by atoms with Gasteiger partial charge in [-0.25, -0.2) is 4.79 Å². The maximum absolute atomic E-state index is 10.2. The predicted octanol–water partition coefficient (Wildman–Crippen LogP) is 0.946. The Balaban J connectivity index is 2.45. The van der Waals surface area contributed by atoms with E-state index in [1.807, 2.05) is 0 Å². The number of rotatable bonds is 1. The molecule has 0 spiro atoms. The molecule has 1 aliphatic carbocycles. The van der Waals surface area contributed by atoms with Crippen molar-refractivity contribution in [2.75, 3.05) is 0 Å². The Kier molecular flexibility index (Phi) is 2.32. The van der Waals surface area contributed by atoms with Gasteiger partial charge in [-0.1, -0.05) is 0 Å². The molecule has 2 atom stereocenters. The van der Waals surface area contributed by atoms with Gasteiger partial charge in [-0.15, -0.1) is 0 Å². The first-order chi connectivity index (χ1) is 5.24. The number of carbonyl (C=O) groups is 1. The van der Waals surface area contributed by atoms with Crippen LogP contribution in [0.2, 0.25) is 0 Å². The molecule has 60 valence electrons. The molecule has 1 rings (SSSR count). The van der Waals surface area contributed by atoms with Crippen molar-refractivity contribution in [1.82, 2.24) is 5.32 Å². The zero-order valence-electron chi connectivity index (χ0n) is 6.08. The molecule has 11 heavy (non-hydrogen) atoms. The van der Waals surface area contributed by atoms with Crippen LogP contribution in [0.3, 0.4) is 0 Å². The van der Waals surface area contributed by atoms with Gasteiger partial charge in [0.1, 0.15) is 0 Å². The van der Waals surface area contributed by atoms with Crippen LogP contribution in [0.4, 0.5) is 4.79 Å². The van der Waals surface area contributed by atoms with E-state index in [-0.39, 0.29) is 12.0 Å². The predicted molar refractivity (Wildman–Crippen MR) is 37.9 cm³/mol. The van der Waals surface area contributed by atoms with Gasteiger partial charge in [-0.05, 0) is 19.3 Å². The Bertz CT molecular complexity index is 197. The van der Waals surface area contributed by atoms with Crippen LogP contribution in [0.25, 0.3) is 0 Å². The Morgan fingerprint density at radius 2 is 2.36 bits per heavy atom. The summed E-state index contributed by atoms with van der Waals surface area (Å²) in [5, 5.41) is 19.3. The third kappa shape index (κ3) is 1.84. The lowest BCUT2D eigenvalue weighted by Crippen LogP contribution is -2.35. The summed E-state index contributed by atoms with van der Waals surface area (Å²) in [7, 11) is 0. The van der Waals surface area contributed by atoms with Crippen molar-refractivity contribution in [2.24, 2.45) is 5.92 Å². The Morgan fingerprint density at radius 1 is 1.64 bits per heavy atom. The van der Waals surface area contributed by atoms with Gasteiger partial charge in [0.05, 0.1) is 12.0 Å². The minimum atomic E-state index is -1.03. The Labute approximate surface area is 64.8 Å². The first-order valence-electron chi connectivity index (χ1n) is 3.63. The second-order valence-corrected chi connectivity index (χ2v) is 2.72. The van der Waals surface area contributed by atoms with Gasteiger partial charge in [0.25, 0.3) is 0 Å². The largest absolute Gasteiger partial charge is 0.465 e. The van der Waals surface area contributed by atoms with Gasteiger partial charge in [-0.2, -0.15) is 5.26 Å². The maximum atomic E-state index is 10.2. The van der Waals surface area contributed by atoms with Crippen molar-refractivity contribution in [3.63, 3.8) is 0 Å². The summed E-state index contributed by atoms with van der Waals surface area (Å²) in [5.41, 5.74) is 0.